The van der Waals surface area contributed by atoms with Crippen LogP contribution in [0.1, 0.15) is 5.56 Å². The molecule has 152 valence electrons. The van der Waals surface area contributed by atoms with E-state index in [1.165, 1.54) is 35.9 Å². The lowest BCUT2D eigenvalue weighted by molar-refractivity contribution is 1.16. The van der Waals surface area contributed by atoms with Crippen molar-refractivity contribution >= 4 is 57.1 Å². The maximum absolute atomic E-state index is 4.75. The van der Waals surface area contributed by atoms with Crippen LogP contribution in [0.3, 0.4) is 0 Å². The lowest BCUT2D eigenvalue weighted by Gasteiger charge is -2.14. The van der Waals surface area contributed by atoms with Crippen LogP contribution in [0.5, 0.6) is 0 Å². The van der Waals surface area contributed by atoms with Crippen molar-refractivity contribution in [2.75, 3.05) is 6.26 Å². The van der Waals surface area contributed by atoms with E-state index in [2.05, 4.69) is 73.0 Å². The van der Waals surface area contributed by atoms with Crippen molar-refractivity contribution in [3.8, 4) is 0 Å². The van der Waals surface area contributed by atoms with Crippen molar-refractivity contribution < 1.29 is 0 Å². The summed E-state index contributed by atoms with van der Waals surface area (Å²) in [6.07, 6.45) is 6.15. The zero-order valence-corrected chi connectivity index (χ0v) is 19.4. The van der Waals surface area contributed by atoms with Gasteiger partial charge in [0.1, 0.15) is 0 Å². The highest BCUT2D eigenvalue weighted by Gasteiger charge is 2.15. The van der Waals surface area contributed by atoms with Gasteiger partial charge in [0.05, 0.1) is 11.0 Å². The lowest BCUT2D eigenvalue weighted by atomic mass is 10.2. The van der Waals surface area contributed by atoms with Gasteiger partial charge in [-0.25, -0.2) is 0 Å². The molecule has 2 nitrogen and oxygen atoms in total. The van der Waals surface area contributed by atoms with Gasteiger partial charge in [-0.1, -0.05) is 78.5 Å². The van der Waals surface area contributed by atoms with Crippen LogP contribution in [0.2, 0.25) is 0 Å². The van der Waals surface area contributed by atoms with E-state index in [1.807, 2.05) is 36.3 Å². The van der Waals surface area contributed by atoms with Crippen LogP contribution >= 0.6 is 35.3 Å². The molecule has 5 rings (SSSR count). The van der Waals surface area contributed by atoms with E-state index in [9.17, 15) is 0 Å². The van der Waals surface area contributed by atoms with Crippen molar-refractivity contribution in [1.82, 2.24) is 9.97 Å². The zero-order chi connectivity index (χ0) is 21.0. The zero-order valence-electron chi connectivity index (χ0n) is 17.0. The Bertz CT molecular complexity index is 1350. The molecular formula is C26H20N2S3. The second-order valence-corrected chi connectivity index (χ2v) is 9.90. The highest BCUT2D eigenvalue weighted by molar-refractivity contribution is 8.03. The monoisotopic (exact) mass is 456 g/mol. The van der Waals surface area contributed by atoms with E-state index in [1.54, 1.807) is 23.5 Å². The summed E-state index contributed by atoms with van der Waals surface area (Å²) in [5.41, 5.74) is 3.39. The van der Waals surface area contributed by atoms with E-state index in [-0.39, 0.29) is 0 Å². The molecular weight excluding hydrogens is 437 g/mol. The summed E-state index contributed by atoms with van der Waals surface area (Å²) in [7, 11) is 0. The second-order valence-electron chi connectivity index (χ2n) is 7.02. The summed E-state index contributed by atoms with van der Waals surface area (Å²) in [5.74, 6) is 0.924. The number of rotatable bonds is 6. The number of hydrogen-bond donors (Lipinski definition) is 0. The number of benzene rings is 3. The molecule has 2 heterocycles. The highest BCUT2D eigenvalue weighted by Crippen LogP contribution is 2.44. The summed E-state index contributed by atoms with van der Waals surface area (Å²) < 4.78 is 0. The lowest BCUT2D eigenvalue weighted by Crippen LogP contribution is -1.90. The molecule has 0 saturated carbocycles. The van der Waals surface area contributed by atoms with Gasteiger partial charge in [-0.15, -0.1) is 23.5 Å². The largest absolute Gasteiger partial charge is 0.255 e. The third kappa shape index (κ3) is 4.31. The van der Waals surface area contributed by atoms with Gasteiger partial charge in [-0.2, -0.15) is 0 Å². The van der Waals surface area contributed by atoms with Crippen molar-refractivity contribution in [3.05, 3.63) is 96.8 Å². The minimum Gasteiger partial charge on any atom is -0.255 e. The molecule has 0 N–H and O–H groups in total. The first-order valence-corrected chi connectivity index (χ1v) is 13.0. The third-order valence-electron chi connectivity index (χ3n) is 5.04. The first-order valence-electron chi connectivity index (χ1n) is 9.97. The molecule has 0 spiro atoms. The third-order valence-corrected chi connectivity index (χ3v) is 8.41. The molecule has 0 aliphatic heterocycles. The minimum absolute atomic E-state index is 0.924. The Labute approximate surface area is 194 Å². The second kappa shape index (κ2) is 9.35. The molecule has 0 unspecified atom stereocenters. The Morgan fingerprint density at radius 2 is 1.19 bits per heavy atom. The smallest absolute Gasteiger partial charge is 0.0714 e. The molecule has 5 heteroatoms. The van der Waals surface area contributed by atoms with Gasteiger partial charge in [0.15, 0.2) is 0 Å². The predicted molar refractivity (Wildman–Crippen MR) is 135 cm³/mol. The van der Waals surface area contributed by atoms with Crippen LogP contribution in [-0.2, 0) is 5.75 Å². The first-order chi connectivity index (χ1) is 15.3. The van der Waals surface area contributed by atoms with Gasteiger partial charge >= 0.3 is 0 Å². The molecule has 0 atom stereocenters. The average molecular weight is 457 g/mol. The van der Waals surface area contributed by atoms with Gasteiger partial charge in [0.25, 0.3) is 0 Å². The SMILES string of the molecule is CSc1c(Sc2cnc3ccccc3c2SCc2ccccc2)cnc2ccccc12. The topological polar surface area (TPSA) is 25.8 Å². The molecule has 0 aliphatic rings. The summed E-state index contributed by atoms with van der Waals surface area (Å²) >= 11 is 5.42. The Hall–Kier alpha value is -2.47. The molecule has 0 bridgehead atoms. The van der Waals surface area contributed by atoms with Crippen LogP contribution in [-0.4, -0.2) is 16.2 Å². The van der Waals surface area contributed by atoms with Gasteiger partial charge in [-0.05, 0) is 24.0 Å². The van der Waals surface area contributed by atoms with Crippen molar-refractivity contribution in [2.24, 2.45) is 0 Å². The van der Waals surface area contributed by atoms with Crippen LogP contribution in [0.15, 0.2) is 111 Å². The Balaban J connectivity index is 1.57. The number of hydrogen-bond acceptors (Lipinski definition) is 5. The van der Waals surface area contributed by atoms with Crippen molar-refractivity contribution in [3.63, 3.8) is 0 Å². The molecule has 0 aliphatic carbocycles. The summed E-state index contributed by atoms with van der Waals surface area (Å²) in [6.45, 7) is 0. The van der Waals surface area contributed by atoms with E-state index in [0.29, 0.717) is 0 Å². The molecule has 2 aromatic heterocycles. The maximum Gasteiger partial charge on any atom is 0.0714 e. The number of fused-ring (bicyclic) bond motifs is 2. The molecule has 3 aromatic carbocycles. The van der Waals surface area contributed by atoms with Gasteiger partial charge in [-0.3, -0.25) is 9.97 Å². The molecule has 0 saturated heterocycles. The number of pyridine rings is 2. The number of thioether (sulfide) groups is 2. The van der Waals surface area contributed by atoms with E-state index in [0.717, 1.165) is 16.8 Å². The van der Waals surface area contributed by atoms with E-state index < -0.39 is 0 Å². The Kier molecular flexibility index (Phi) is 6.16. The molecule has 0 fully saturated rings. The fourth-order valence-electron chi connectivity index (χ4n) is 3.55. The number of nitrogens with zero attached hydrogens (tertiary/aromatic N) is 2. The Morgan fingerprint density at radius 3 is 1.84 bits per heavy atom. The van der Waals surface area contributed by atoms with E-state index in [4.69, 9.17) is 9.97 Å². The normalized spacial score (nSPS) is 11.3. The molecule has 0 radical (unpaired) electrons. The van der Waals surface area contributed by atoms with E-state index >= 15 is 0 Å². The summed E-state index contributed by atoms with van der Waals surface area (Å²) in [4.78, 5) is 14.3. The number of para-hydroxylation sites is 2. The minimum atomic E-state index is 0.924. The fourth-order valence-corrected chi connectivity index (χ4v) is 6.75. The highest BCUT2D eigenvalue weighted by atomic mass is 32.2. The number of aromatic nitrogens is 2. The standard InChI is InChI=1S/C26H20N2S3/c1-29-25-19-11-5-7-13-21(19)27-15-23(25)31-24-16-28-22-14-8-6-12-20(22)26(24)30-17-18-9-3-2-4-10-18/h2-16H,17H2,1H3. The predicted octanol–water partition coefficient (Wildman–Crippen LogP) is 7.95. The summed E-state index contributed by atoms with van der Waals surface area (Å²) in [6, 6.07) is 27.4. The van der Waals surface area contributed by atoms with Crippen LogP contribution in [0, 0.1) is 0 Å². The van der Waals surface area contributed by atoms with Crippen LogP contribution in [0.25, 0.3) is 21.8 Å². The van der Waals surface area contributed by atoms with Crippen molar-refractivity contribution in [1.29, 1.82) is 0 Å². The fraction of sp³-hybridized carbons (Fsp3) is 0.0769. The molecule has 0 amide bonds. The van der Waals surface area contributed by atoms with Gasteiger partial charge < -0.3 is 0 Å². The molecule has 5 aromatic rings. The quantitative estimate of drug-likeness (QED) is 0.242. The van der Waals surface area contributed by atoms with Gasteiger partial charge in [0.2, 0.25) is 0 Å². The molecule has 31 heavy (non-hydrogen) atoms. The average Bonchev–Trinajstić information content (AvgIpc) is 2.83. The van der Waals surface area contributed by atoms with Crippen LogP contribution < -0.4 is 0 Å². The maximum atomic E-state index is 4.75. The van der Waals surface area contributed by atoms with Gasteiger partial charge in [0, 0.05) is 48.5 Å². The summed E-state index contributed by atoms with van der Waals surface area (Å²) in [5, 5.41) is 2.40. The Morgan fingerprint density at radius 1 is 0.645 bits per heavy atom. The van der Waals surface area contributed by atoms with Crippen molar-refractivity contribution in [2.45, 2.75) is 25.3 Å². The first kappa shape index (κ1) is 20.4. The van der Waals surface area contributed by atoms with Crippen LogP contribution in [0.4, 0.5) is 0 Å².